The van der Waals surface area contributed by atoms with Crippen molar-refractivity contribution in [1.82, 2.24) is 20.2 Å². The smallest absolute Gasteiger partial charge is 0.323 e. The van der Waals surface area contributed by atoms with Crippen molar-refractivity contribution < 1.29 is 18.7 Å². The monoisotopic (exact) mass is 495 g/mol. The lowest BCUT2D eigenvalue weighted by Crippen LogP contribution is -2.52. The number of aromatic nitrogens is 2. The fourth-order valence-electron chi connectivity index (χ4n) is 4.53. The SMILES string of the molecule is Cc1nc(NC(=O)N2CCC3(CCc4ccc(F)cc4O3)CC2)sc1C(=O)NCc1ccccn1. The highest BCUT2D eigenvalue weighted by molar-refractivity contribution is 7.17. The molecule has 3 aromatic rings. The fourth-order valence-corrected chi connectivity index (χ4v) is 5.40. The average Bonchev–Trinajstić information content (AvgIpc) is 3.23. The molecular weight excluding hydrogens is 469 g/mol. The van der Waals surface area contributed by atoms with Crippen molar-refractivity contribution in [1.29, 1.82) is 0 Å². The van der Waals surface area contributed by atoms with Crippen LogP contribution in [0.4, 0.5) is 14.3 Å². The van der Waals surface area contributed by atoms with E-state index in [2.05, 4.69) is 20.6 Å². The van der Waals surface area contributed by atoms with E-state index >= 15 is 0 Å². The van der Waals surface area contributed by atoms with Gasteiger partial charge in [0.15, 0.2) is 5.13 Å². The number of likely N-dealkylation sites (tertiary alicyclic amines) is 1. The van der Waals surface area contributed by atoms with Crippen molar-refractivity contribution in [2.45, 2.75) is 44.8 Å². The maximum Gasteiger partial charge on any atom is 0.323 e. The molecule has 0 saturated carbocycles. The zero-order valence-corrected chi connectivity index (χ0v) is 20.2. The number of ether oxygens (including phenoxy) is 1. The number of nitrogens with one attached hydrogen (secondary N) is 2. The molecule has 1 aromatic carbocycles. The first kappa shape index (κ1) is 23.2. The molecule has 3 amide bonds. The van der Waals surface area contributed by atoms with Crippen molar-refractivity contribution in [3.05, 3.63) is 70.2 Å². The summed E-state index contributed by atoms with van der Waals surface area (Å²) < 4.78 is 19.9. The van der Waals surface area contributed by atoms with Crippen LogP contribution in [0.15, 0.2) is 42.6 Å². The summed E-state index contributed by atoms with van der Waals surface area (Å²) in [4.78, 5) is 36.2. The van der Waals surface area contributed by atoms with E-state index in [9.17, 15) is 14.0 Å². The molecule has 2 aromatic heterocycles. The Hall–Kier alpha value is -3.53. The van der Waals surface area contributed by atoms with Crippen LogP contribution in [0, 0.1) is 12.7 Å². The zero-order chi connectivity index (χ0) is 24.4. The summed E-state index contributed by atoms with van der Waals surface area (Å²) in [6.45, 7) is 3.11. The first-order chi connectivity index (χ1) is 16.9. The van der Waals surface area contributed by atoms with E-state index in [1.54, 1.807) is 24.1 Å². The van der Waals surface area contributed by atoms with E-state index < -0.39 is 0 Å². The van der Waals surface area contributed by atoms with Gasteiger partial charge in [-0.15, -0.1) is 0 Å². The molecule has 182 valence electrons. The molecule has 10 heteroatoms. The number of nitrogens with zero attached hydrogens (tertiary/aromatic N) is 3. The molecule has 8 nitrogen and oxygen atoms in total. The largest absolute Gasteiger partial charge is 0.487 e. The van der Waals surface area contributed by atoms with Gasteiger partial charge in [0, 0.05) is 38.2 Å². The lowest BCUT2D eigenvalue weighted by atomic mass is 9.83. The summed E-state index contributed by atoms with van der Waals surface area (Å²) in [7, 11) is 0. The summed E-state index contributed by atoms with van der Waals surface area (Å²) >= 11 is 1.15. The van der Waals surface area contributed by atoms with E-state index in [0.29, 0.717) is 53.9 Å². The maximum absolute atomic E-state index is 13.7. The maximum atomic E-state index is 13.7. The van der Waals surface area contributed by atoms with Gasteiger partial charge in [-0.1, -0.05) is 23.5 Å². The van der Waals surface area contributed by atoms with E-state index in [1.807, 2.05) is 18.2 Å². The van der Waals surface area contributed by atoms with E-state index in [0.717, 1.165) is 35.4 Å². The number of piperidine rings is 1. The summed E-state index contributed by atoms with van der Waals surface area (Å²) in [6.07, 6.45) is 4.71. The molecule has 0 unspecified atom stereocenters. The van der Waals surface area contributed by atoms with Crippen molar-refractivity contribution in [2.24, 2.45) is 0 Å². The predicted molar refractivity (Wildman–Crippen MR) is 130 cm³/mol. The van der Waals surface area contributed by atoms with Gasteiger partial charge >= 0.3 is 6.03 Å². The first-order valence-corrected chi connectivity index (χ1v) is 12.4. The quantitative estimate of drug-likeness (QED) is 0.562. The number of benzene rings is 1. The number of thiazole rings is 1. The molecule has 5 rings (SSSR count). The van der Waals surface area contributed by atoms with Gasteiger partial charge in [-0.25, -0.2) is 14.2 Å². The fraction of sp³-hybridized carbons (Fsp3) is 0.360. The number of rotatable bonds is 4. The molecule has 4 heterocycles. The minimum Gasteiger partial charge on any atom is -0.487 e. The highest BCUT2D eigenvalue weighted by Gasteiger charge is 2.40. The molecule has 2 aliphatic rings. The summed E-state index contributed by atoms with van der Waals surface area (Å²) in [5.74, 6) is 0.0552. The second-order valence-electron chi connectivity index (χ2n) is 8.89. The van der Waals surface area contributed by atoms with Gasteiger partial charge in [0.25, 0.3) is 5.91 Å². The number of anilines is 1. The molecule has 1 fully saturated rings. The van der Waals surface area contributed by atoms with Crippen molar-refractivity contribution >= 4 is 28.4 Å². The van der Waals surface area contributed by atoms with Crippen LogP contribution in [-0.4, -0.2) is 45.5 Å². The normalized spacial score (nSPS) is 16.3. The number of pyridine rings is 1. The number of halogens is 1. The van der Waals surface area contributed by atoms with Gasteiger partial charge in [-0.2, -0.15) is 0 Å². The number of fused-ring (bicyclic) bond motifs is 1. The Bertz CT molecular complexity index is 1240. The van der Waals surface area contributed by atoms with Gasteiger partial charge in [0.05, 0.1) is 17.9 Å². The third-order valence-corrected chi connectivity index (χ3v) is 7.61. The lowest BCUT2D eigenvalue weighted by molar-refractivity contribution is -0.00460. The van der Waals surface area contributed by atoms with Crippen LogP contribution < -0.4 is 15.4 Å². The molecule has 0 radical (unpaired) electrons. The summed E-state index contributed by atoms with van der Waals surface area (Å²) in [5, 5.41) is 6.05. The Morgan fingerprint density at radius 2 is 2.03 bits per heavy atom. The van der Waals surface area contributed by atoms with Crippen molar-refractivity contribution in [3.8, 4) is 5.75 Å². The zero-order valence-electron chi connectivity index (χ0n) is 19.3. The minimum atomic E-state index is -0.367. The number of aryl methyl sites for hydroxylation is 2. The van der Waals surface area contributed by atoms with Crippen LogP contribution in [0.25, 0.3) is 0 Å². The Morgan fingerprint density at radius 1 is 1.20 bits per heavy atom. The standard InChI is InChI=1S/C25H26FN5O3S/c1-16-21(22(32)28-15-19-4-2-3-11-27-19)35-23(29-16)30-24(33)31-12-9-25(10-13-31)8-7-17-5-6-18(26)14-20(17)34-25/h2-6,11,14H,7-10,12-13,15H2,1H3,(H,28,32)(H,29,30,33). The summed E-state index contributed by atoms with van der Waals surface area (Å²) in [6, 6.07) is 9.95. The number of hydrogen-bond acceptors (Lipinski definition) is 6. The number of carbonyl (C=O) groups is 2. The predicted octanol–water partition coefficient (Wildman–Crippen LogP) is 4.31. The molecular formula is C25H26FN5O3S. The van der Waals surface area contributed by atoms with Crippen molar-refractivity contribution in [2.75, 3.05) is 18.4 Å². The molecule has 0 bridgehead atoms. The van der Waals surface area contributed by atoms with Crippen LogP contribution >= 0.6 is 11.3 Å². The van der Waals surface area contributed by atoms with Gasteiger partial charge in [0.2, 0.25) is 0 Å². The Morgan fingerprint density at radius 3 is 2.80 bits per heavy atom. The Kier molecular flexibility index (Phi) is 6.38. The number of carbonyl (C=O) groups excluding carboxylic acids is 2. The van der Waals surface area contributed by atoms with Crippen molar-refractivity contribution in [3.63, 3.8) is 0 Å². The molecule has 35 heavy (non-hydrogen) atoms. The minimum absolute atomic E-state index is 0.253. The second-order valence-corrected chi connectivity index (χ2v) is 9.89. The average molecular weight is 496 g/mol. The molecule has 0 aliphatic carbocycles. The second kappa shape index (κ2) is 9.61. The number of hydrogen-bond donors (Lipinski definition) is 2. The number of urea groups is 1. The third-order valence-electron chi connectivity index (χ3n) is 6.54. The topological polar surface area (TPSA) is 96.5 Å². The van der Waals surface area contributed by atoms with Crippen LogP contribution in [0.5, 0.6) is 5.75 Å². The highest BCUT2D eigenvalue weighted by atomic mass is 32.1. The molecule has 1 spiro atoms. The number of amides is 3. The Labute approximate surface area is 206 Å². The molecule has 2 N–H and O–H groups in total. The first-order valence-electron chi connectivity index (χ1n) is 11.6. The van der Waals surface area contributed by atoms with Gasteiger partial charge in [0.1, 0.15) is 22.0 Å². The van der Waals surface area contributed by atoms with Crippen LogP contribution in [0.2, 0.25) is 0 Å². The van der Waals surface area contributed by atoms with Crippen LogP contribution in [0.3, 0.4) is 0 Å². The highest BCUT2D eigenvalue weighted by Crippen LogP contribution is 2.39. The van der Waals surface area contributed by atoms with Gasteiger partial charge in [-0.3, -0.25) is 15.1 Å². The van der Waals surface area contributed by atoms with E-state index in [1.165, 1.54) is 12.1 Å². The van der Waals surface area contributed by atoms with Gasteiger partial charge in [-0.05, 0) is 43.5 Å². The van der Waals surface area contributed by atoms with E-state index in [-0.39, 0.29) is 23.4 Å². The van der Waals surface area contributed by atoms with Crippen LogP contribution in [0.1, 0.15) is 45.9 Å². The molecule has 1 saturated heterocycles. The third kappa shape index (κ3) is 5.12. The Balaban J connectivity index is 1.16. The van der Waals surface area contributed by atoms with Gasteiger partial charge < -0.3 is 15.0 Å². The van der Waals surface area contributed by atoms with Crippen LogP contribution in [-0.2, 0) is 13.0 Å². The molecule has 0 atom stereocenters. The van der Waals surface area contributed by atoms with E-state index in [4.69, 9.17) is 4.74 Å². The molecule has 2 aliphatic heterocycles. The summed E-state index contributed by atoms with van der Waals surface area (Å²) in [5.41, 5.74) is 1.97. The lowest BCUT2D eigenvalue weighted by Gasteiger charge is -2.44.